The first-order valence-electron chi connectivity index (χ1n) is 8.44. The van der Waals surface area contributed by atoms with Gasteiger partial charge < -0.3 is 0 Å². The molecular weight excluding hydrogens is 326 g/mol. The van der Waals surface area contributed by atoms with Crippen molar-refractivity contribution in [3.63, 3.8) is 0 Å². The summed E-state index contributed by atoms with van der Waals surface area (Å²) in [6, 6.07) is 15.3. The number of aromatic nitrogens is 3. The lowest BCUT2D eigenvalue weighted by Crippen LogP contribution is -1.93. The van der Waals surface area contributed by atoms with Crippen LogP contribution in [0, 0.1) is 0 Å². The van der Waals surface area contributed by atoms with Gasteiger partial charge in [0, 0.05) is 11.8 Å². The quantitative estimate of drug-likeness (QED) is 0.400. The molecule has 122 valence electrons. The van der Waals surface area contributed by atoms with Crippen molar-refractivity contribution in [3.8, 4) is 11.3 Å². The van der Waals surface area contributed by atoms with Gasteiger partial charge in [-0.25, -0.2) is 4.98 Å². The highest BCUT2D eigenvalue weighted by Gasteiger charge is 2.12. The van der Waals surface area contributed by atoms with Crippen molar-refractivity contribution in [1.82, 2.24) is 14.4 Å². The van der Waals surface area contributed by atoms with Crippen molar-refractivity contribution in [2.75, 3.05) is 0 Å². The minimum Gasteiger partial charge on any atom is -0.289 e. The zero-order valence-corrected chi connectivity index (χ0v) is 14.9. The van der Waals surface area contributed by atoms with E-state index in [0.29, 0.717) is 5.92 Å². The van der Waals surface area contributed by atoms with Crippen molar-refractivity contribution < 1.29 is 0 Å². The molecule has 0 amide bonds. The Balaban J connectivity index is 1.78. The number of rotatable bonds is 2. The zero-order chi connectivity index (χ0) is 17.0. The van der Waals surface area contributed by atoms with Gasteiger partial charge in [0.25, 0.3) is 0 Å². The first-order chi connectivity index (χ1) is 12.2. The third-order valence-corrected chi connectivity index (χ3v) is 5.78. The molecule has 0 saturated heterocycles. The molecule has 0 atom stereocenters. The van der Waals surface area contributed by atoms with E-state index in [1.165, 1.54) is 32.1 Å². The van der Waals surface area contributed by atoms with Gasteiger partial charge in [-0.2, -0.15) is 0 Å². The number of benzene rings is 2. The van der Waals surface area contributed by atoms with E-state index in [0.717, 1.165) is 10.5 Å². The van der Waals surface area contributed by atoms with E-state index in [1.807, 2.05) is 18.7 Å². The summed E-state index contributed by atoms with van der Waals surface area (Å²) in [7, 11) is 0. The molecule has 0 bridgehead atoms. The maximum absolute atomic E-state index is 4.74. The third kappa shape index (κ3) is 2.25. The number of imidazole rings is 1. The van der Waals surface area contributed by atoms with Crippen LogP contribution >= 0.6 is 11.3 Å². The molecule has 3 aromatic heterocycles. The van der Waals surface area contributed by atoms with Crippen molar-refractivity contribution in [2.45, 2.75) is 19.8 Å². The van der Waals surface area contributed by atoms with Crippen molar-refractivity contribution in [1.29, 1.82) is 0 Å². The van der Waals surface area contributed by atoms with E-state index in [4.69, 9.17) is 4.98 Å². The second-order valence-corrected chi connectivity index (χ2v) is 7.74. The largest absolute Gasteiger partial charge is 0.289 e. The van der Waals surface area contributed by atoms with Crippen LogP contribution in [0.5, 0.6) is 0 Å². The summed E-state index contributed by atoms with van der Waals surface area (Å²) in [6.45, 7) is 4.49. The Morgan fingerprint density at radius 2 is 1.92 bits per heavy atom. The Bertz CT molecular complexity index is 1230. The molecular formula is C21H17N3S. The van der Waals surface area contributed by atoms with E-state index in [2.05, 4.69) is 65.7 Å². The van der Waals surface area contributed by atoms with Gasteiger partial charge in [-0.05, 0) is 40.5 Å². The number of fused-ring (bicyclic) bond motifs is 4. The molecule has 5 rings (SSSR count). The van der Waals surface area contributed by atoms with E-state index in [1.54, 1.807) is 11.3 Å². The highest BCUT2D eigenvalue weighted by atomic mass is 32.1. The Morgan fingerprint density at radius 1 is 1.04 bits per heavy atom. The number of thiazole rings is 1. The molecule has 2 aromatic carbocycles. The summed E-state index contributed by atoms with van der Waals surface area (Å²) in [5.41, 5.74) is 4.71. The molecule has 0 unspecified atom stereocenters. The minimum atomic E-state index is 0.468. The SMILES string of the molecule is CC(C)c1cc(-c2cc3c(cn2)sc2cncn23)cc2ccccc12. The van der Waals surface area contributed by atoms with Gasteiger partial charge in [0.15, 0.2) is 0 Å². The summed E-state index contributed by atoms with van der Waals surface area (Å²) >= 11 is 1.72. The zero-order valence-electron chi connectivity index (χ0n) is 14.1. The van der Waals surface area contributed by atoms with E-state index < -0.39 is 0 Å². The van der Waals surface area contributed by atoms with E-state index in [-0.39, 0.29) is 0 Å². The van der Waals surface area contributed by atoms with Crippen LogP contribution in [0.25, 0.3) is 37.1 Å². The maximum Gasteiger partial charge on any atom is 0.120 e. The average Bonchev–Trinajstić information content (AvgIpc) is 3.21. The van der Waals surface area contributed by atoms with Gasteiger partial charge in [-0.1, -0.05) is 38.1 Å². The van der Waals surface area contributed by atoms with Crippen LogP contribution in [0.15, 0.2) is 61.2 Å². The van der Waals surface area contributed by atoms with E-state index in [9.17, 15) is 0 Å². The fraction of sp³-hybridized carbons (Fsp3) is 0.143. The molecule has 0 saturated carbocycles. The lowest BCUT2D eigenvalue weighted by molar-refractivity contribution is 0.876. The van der Waals surface area contributed by atoms with Gasteiger partial charge in [0.2, 0.25) is 0 Å². The third-order valence-electron chi connectivity index (χ3n) is 4.74. The standard InChI is InChI=1S/C21H17N3S/c1-13(2)17-8-15(7-14-5-3-4-6-16(14)17)18-9-19-20(10-23-18)25-21-11-22-12-24(19)21/h3-13H,1-2H3. The van der Waals surface area contributed by atoms with Crippen LogP contribution < -0.4 is 0 Å². The monoisotopic (exact) mass is 343 g/mol. The van der Waals surface area contributed by atoms with Crippen molar-refractivity contribution in [2.24, 2.45) is 0 Å². The maximum atomic E-state index is 4.74. The van der Waals surface area contributed by atoms with Gasteiger partial charge in [0.05, 0.1) is 22.1 Å². The second-order valence-electron chi connectivity index (χ2n) is 6.68. The molecule has 0 spiro atoms. The lowest BCUT2D eigenvalue weighted by Gasteiger charge is -2.13. The number of nitrogens with zero attached hydrogens (tertiary/aromatic N) is 3. The van der Waals surface area contributed by atoms with Crippen LogP contribution in [0.1, 0.15) is 25.3 Å². The molecule has 25 heavy (non-hydrogen) atoms. The summed E-state index contributed by atoms with van der Waals surface area (Å²) in [4.78, 5) is 10.1. The lowest BCUT2D eigenvalue weighted by atomic mass is 9.92. The van der Waals surface area contributed by atoms with Gasteiger partial charge >= 0.3 is 0 Å². The Morgan fingerprint density at radius 3 is 2.80 bits per heavy atom. The first kappa shape index (κ1) is 14.6. The smallest absolute Gasteiger partial charge is 0.120 e. The molecule has 0 fully saturated rings. The van der Waals surface area contributed by atoms with Crippen LogP contribution in [-0.2, 0) is 0 Å². The predicted molar refractivity (Wildman–Crippen MR) is 105 cm³/mol. The first-order valence-corrected chi connectivity index (χ1v) is 9.26. The number of hydrogen-bond acceptors (Lipinski definition) is 3. The highest BCUT2D eigenvalue weighted by Crippen LogP contribution is 2.33. The Labute approximate surface area is 149 Å². The highest BCUT2D eigenvalue weighted by molar-refractivity contribution is 7.23. The van der Waals surface area contributed by atoms with Crippen LogP contribution in [0.4, 0.5) is 0 Å². The molecule has 0 aliphatic carbocycles. The fourth-order valence-electron chi connectivity index (χ4n) is 3.47. The van der Waals surface area contributed by atoms with Crippen LogP contribution in [0.2, 0.25) is 0 Å². The van der Waals surface area contributed by atoms with Crippen LogP contribution in [-0.4, -0.2) is 14.4 Å². The summed E-state index contributed by atoms with van der Waals surface area (Å²) < 4.78 is 3.32. The topological polar surface area (TPSA) is 30.2 Å². The number of pyridine rings is 1. The molecule has 0 radical (unpaired) electrons. The molecule has 4 heteroatoms. The Hall–Kier alpha value is -2.72. The second kappa shape index (κ2) is 5.39. The van der Waals surface area contributed by atoms with Crippen molar-refractivity contribution in [3.05, 3.63) is 66.7 Å². The average molecular weight is 343 g/mol. The van der Waals surface area contributed by atoms with Gasteiger partial charge in [-0.3, -0.25) is 9.38 Å². The normalized spacial score (nSPS) is 12.0. The molecule has 0 aliphatic heterocycles. The summed E-state index contributed by atoms with van der Waals surface area (Å²) in [6.07, 6.45) is 5.75. The predicted octanol–water partition coefficient (Wildman–Crippen LogP) is 5.89. The molecule has 5 aromatic rings. The molecule has 0 aliphatic rings. The summed E-state index contributed by atoms with van der Waals surface area (Å²) in [5, 5.41) is 2.60. The number of hydrogen-bond donors (Lipinski definition) is 0. The van der Waals surface area contributed by atoms with Crippen LogP contribution in [0.3, 0.4) is 0 Å². The van der Waals surface area contributed by atoms with Crippen molar-refractivity contribution >= 4 is 37.2 Å². The molecule has 3 nitrogen and oxygen atoms in total. The van der Waals surface area contributed by atoms with Gasteiger partial charge in [-0.15, -0.1) is 11.3 Å². The van der Waals surface area contributed by atoms with E-state index >= 15 is 0 Å². The molecule has 3 heterocycles. The minimum absolute atomic E-state index is 0.468. The van der Waals surface area contributed by atoms with Gasteiger partial charge in [0.1, 0.15) is 11.2 Å². The Kier molecular flexibility index (Phi) is 3.15. The molecule has 0 N–H and O–H groups in total. The summed E-state index contributed by atoms with van der Waals surface area (Å²) in [5.74, 6) is 0.468. The fourth-order valence-corrected chi connectivity index (χ4v) is 4.42.